The van der Waals surface area contributed by atoms with Crippen molar-refractivity contribution in [3.8, 4) is 0 Å². The Morgan fingerprint density at radius 3 is 2.95 bits per heavy atom. The largest absolute Gasteiger partial charge is 0.396 e. The van der Waals surface area contributed by atoms with Crippen LogP contribution in [0.25, 0.3) is 10.9 Å². The zero-order valence-electron chi connectivity index (χ0n) is 11.8. The van der Waals surface area contributed by atoms with Crippen LogP contribution >= 0.6 is 0 Å². The second-order valence-electron chi connectivity index (χ2n) is 5.17. The number of aromatic nitrogens is 1. The Hall–Kier alpha value is -1.85. The zero-order chi connectivity index (χ0) is 14.6. The molecule has 1 aromatic heterocycles. The predicted octanol–water partition coefficient (Wildman–Crippen LogP) is 1.69. The van der Waals surface area contributed by atoms with Gasteiger partial charge in [0, 0.05) is 36.4 Å². The summed E-state index contributed by atoms with van der Waals surface area (Å²) in [6.45, 7) is 2.21. The molecule has 0 radical (unpaired) electrons. The van der Waals surface area contributed by atoms with Crippen molar-refractivity contribution >= 4 is 16.8 Å². The maximum atomic E-state index is 12.5. The second kappa shape index (κ2) is 6.07. The normalized spacial score (nSPS) is 14.2. The number of amides is 1. The van der Waals surface area contributed by atoms with Crippen LogP contribution in [-0.4, -0.2) is 41.9 Å². The minimum atomic E-state index is -0.584. The lowest BCUT2D eigenvalue weighted by atomic mass is 9.98. The van der Waals surface area contributed by atoms with Crippen molar-refractivity contribution in [2.75, 3.05) is 20.3 Å². The molecule has 3 N–H and O–H groups in total. The number of aromatic amines is 1. The highest BCUT2D eigenvalue weighted by atomic mass is 16.5. The van der Waals surface area contributed by atoms with E-state index in [1.165, 1.54) is 0 Å². The molecular formula is C15H20N2O3. The number of aliphatic hydroxyl groups excluding tert-OH is 1. The highest BCUT2D eigenvalue weighted by molar-refractivity contribution is 6.06. The van der Waals surface area contributed by atoms with E-state index in [1.807, 2.05) is 31.3 Å². The molecule has 1 unspecified atom stereocenters. The number of fused-ring (bicyclic) bond motifs is 1. The van der Waals surface area contributed by atoms with E-state index in [0.717, 1.165) is 10.9 Å². The van der Waals surface area contributed by atoms with E-state index >= 15 is 0 Å². The fourth-order valence-corrected chi connectivity index (χ4v) is 2.36. The Morgan fingerprint density at radius 1 is 1.45 bits per heavy atom. The van der Waals surface area contributed by atoms with Gasteiger partial charge < -0.3 is 20.1 Å². The highest BCUT2D eigenvalue weighted by Crippen LogP contribution is 2.19. The van der Waals surface area contributed by atoms with Gasteiger partial charge in [-0.1, -0.05) is 6.07 Å². The molecule has 0 aliphatic carbocycles. The third kappa shape index (κ3) is 3.00. The van der Waals surface area contributed by atoms with Crippen LogP contribution in [0.4, 0.5) is 0 Å². The van der Waals surface area contributed by atoms with Gasteiger partial charge in [-0.3, -0.25) is 4.79 Å². The highest BCUT2D eigenvalue weighted by Gasteiger charge is 2.27. The Labute approximate surface area is 117 Å². The van der Waals surface area contributed by atoms with Crippen LogP contribution in [0.1, 0.15) is 23.7 Å². The van der Waals surface area contributed by atoms with Crippen molar-refractivity contribution in [2.45, 2.75) is 18.9 Å². The van der Waals surface area contributed by atoms with Gasteiger partial charge >= 0.3 is 0 Å². The molecule has 1 heterocycles. The quantitative estimate of drug-likeness (QED) is 0.751. The van der Waals surface area contributed by atoms with Crippen molar-refractivity contribution in [1.29, 1.82) is 0 Å². The van der Waals surface area contributed by atoms with Gasteiger partial charge in [0.2, 0.25) is 0 Å². The standard InChI is InChI=1S/C15H20N2O3/c1-15(7-9-18,10-20-2)17-14(19)12-4-3-5-13-11(12)6-8-16-13/h3-6,8,16,18H,7,9-10H2,1-2H3,(H,17,19). The summed E-state index contributed by atoms with van der Waals surface area (Å²) in [7, 11) is 1.58. The average Bonchev–Trinajstić information content (AvgIpc) is 2.86. The summed E-state index contributed by atoms with van der Waals surface area (Å²) in [6.07, 6.45) is 2.25. The molecule has 2 rings (SSSR count). The first-order valence-corrected chi connectivity index (χ1v) is 6.58. The Balaban J connectivity index is 2.24. The first kappa shape index (κ1) is 14.6. The number of rotatable bonds is 6. The molecule has 20 heavy (non-hydrogen) atoms. The molecule has 0 spiro atoms. The van der Waals surface area contributed by atoms with Gasteiger partial charge in [-0.05, 0) is 31.5 Å². The fraction of sp³-hybridized carbons (Fsp3) is 0.400. The maximum Gasteiger partial charge on any atom is 0.252 e. The van der Waals surface area contributed by atoms with Crippen LogP contribution in [0.3, 0.4) is 0 Å². The molecule has 1 atom stereocenters. The van der Waals surface area contributed by atoms with Crippen LogP contribution in [0.2, 0.25) is 0 Å². The van der Waals surface area contributed by atoms with E-state index in [-0.39, 0.29) is 12.5 Å². The smallest absolute Gasteiger partial charge is 0.252 e. The Bertz CT molecular complexity index is 586. The van der Waals surface area contributed by atoms with Gasteiger partial charge in [-0.25, -0.2) is 0 Å². The number of hydrogen-bond donors (Lipinski definition) is 3. The Kier molecular flexibility index (Phi) is 4.42. The van der Waals surface area contributed by atoms with Crippen molar-refractivity contribution < 1.29 is 14.6 Å². The van der Waals surface area contributed by atoms with Crippen LogP contribution in [0.5, 0.6) is 0 Å². The van der Waals surface area contributed by atoms with Crippen molar-refractivity contribution in [1.82, 2.24) is 10.3 Å². The summed E-state index contributed by atoms with van der Waals surface area (Å²) in [5.74, 6) is -0.164. The number of aliphatic hydroxyl groups is 1. The second-order valence-corrected chi connectivity index (χ2v) is 5.17. The molecule has 0 saturated heterocycles. The number of H-pyrrole nitrogens is 1. The molecule has 0 aliphatic heterocycles. The third-order valence-electron chi connectivity index (χ3n) is 3.38. The van der Waals surface area contributed by atoms with E-state index in [9.17, 15) is 4.79 Å². The molecular weight excluding hydrogens is 256 g/mol. The number of carbonyl (C=O) groups is 1. The molecule has 0 bridgehead atoms. The summed E-state index contributed by atoms with van der Waals surface area (Å²) in [5.41, 5.74) is 0.955. The van der Waals surface area contributed by atoms with E-state index in [1.54, 1.807) is 13.2 Å². The number of ether oxygens (including phenoxy) is 1. The van der Waals surface area contributed by atoms with Crippen LogP contribution in [0, 0.1) is 0 Å². The number of benzene rings is 1. The lowest BCUT2D eigenvalue weighted by Crippen LogP contribution is -2.50. The van der Waals surface area contributed by atoms with Crippen LogP contribution < -0.4 is 5.32 Å². The van der Waals surface area contributed by atoms with E-state index in [0.29, 0.717) is 18.6 Å². The summed E-state index contributed by atoms with van der Waals surface area (Å²) in [5, 5.41) is 13.0. The van der Waals surface area contributed by atoms with E-state index < -0.39 is 5.54 Å². The third-order valence-corrected chi connectivity index (χ3v) is 3.38. The Morgan fingerprint density at radius 2 is 2.25 bits per heavy atom. The van der Waals surface area contributed by atoms with Gasteiger partial charge in [0.05, 0.1) is 12.1 Å². The first-order chi connectivity index (χ1) is 9.59. The predicted molar refractivity (Wildman–Crippen MR) is 77.7 cm³/mol. The lowest BCUT2D eigenvalue weighted by Gasteiger charge is -2.29. The average molecular weight is 276 g/mol. The topological polar surface area (TPSA) is 74.3 Å². The van der Waals surface area contributed by atoms with Crippen LogP contribution in [-0.2, 0) is 4.74 Å². The van der Waals surface area contributed by atoms with Crippen molar-refractivity contribution in [3.05, 3.63) is 36.0 Å². The molecule has 5 nitrogen and oxygen atoms in total. The summed E-state index contributed by atoms with van der Waals surface area (Å²) in [6, 6.07) is 7.43. The van der Waals surface area contributed by atoms with Gasteiger partial charge in [0.25, 0.3) is 5.91 Å². The number of carbonyl (C=O) groups excluding carboxylic acids is 1. The minimum absolute atomic E-state index is 0.00546. The van der Waals surface area contributed by atoms with Crippen molar-refractivity contribution in [3.63, 3.8) is 0 Å². The first-order valence-electron chi connectivity index (χ1n) is 6.58. The molecule has 0 saturated carbocycles. The van der Waals surface area contributed by atoms with Gasteiger partial charge in [-0.2, -0.15) is 0 Å². The molecule has 108 valence electrons. The molecule has 0 fully saturated rings. The molecule has 1 amide bonds. The molecule has 2 aromatic rings. The van der Waals surface area contributed by atoms with Gasteiger partial charge in [-0.15, -0.1) is 0 Å². The van der Waals surface area contributed by atoms with Crippen molar-refractivity contribution in [2.24, 2.45) is 0 Å². The molecule has 1 aromatic carbocycles. The number of nitrogens with one attached hydrogen (secondary N) is 2. The van der Waals surface area contributed by atoms with Gasteiger partial charge in [0.1, 0.15) is 0 Å². The van der Waals surface area contributed by atoms with Crippen LogP contribution in [0.15, 0.2) is 30.5 Å². The monoisotopic (exact) mass is 276 g/mol. The summed E-state index contributed by atoms with van der Waals surface area (Å²) < 4.78 is 5.14. The van der Waals surface area contributed by atoms with Gasteiger partial charge in [0.15, 0.2) is 0 Å². The maximum absolute atomic E-state index is 12.5. The summed E-state index contributed by atoms with van der Waals surface area (Å²) >= 11 is 0. The van der Waals surface area contributed by atoms with E-state index in [4.69, 9.17) is 9.84 Å². The minimum Gasteiger partial charge on any atom is -0.396 e. The van der Waals surface area contributed by atoms with E-state index in [2.05, 4.69) is 10.3 Å². The number of methoxy groups -OCH3 is 1. The lowest BCUT2D eigenvalue weighted by molar-refractivity contribution is 0.0727. The molecule has 5 heteroatoms. The SMILES string of the molecule is COCC(C)(CCO)NC(=O)c1cccc2[nH]ccc12. The number of hydrogen-bond acceptors (Lipinski definition) is 3. The fourth-order valence-electron chi connectivity index (χ4n) is 2.36. The zero-order valence-corrected chi connectivity index (χ0v) is 11.8. The summed E-state index contributed by atoms with van der Waals surface area (Å²) in [4.78, 5) is 15.5. The molecule has 0 aliphatic rings.